The highest BCUT2D eigenvalue weighted by Gasteiger charge is 2.18. The Morgan fingerprint density at radius 2 is 2.21 bits per heavy atom. The molecule has 6 heteroatoms. The van der Waals surface area contributed by atoms with Gasteiger partial charge in [-0.1, -0.05) is 18.1 Å². The van der Waals surface area contributed by atoms with Gasteiger partial charge in [0.2, 0.25) is 0 Å². The summed E-state index contributed by atoms with van der Waals surface area (Å²) in [4.78, 5) is 13.8. The van der Waals surface area contributed by atoms with Crippen molar-refractivity contribution in [2.45, 2.75) is 13.8 Å². The van der Waals surface area contributed by atoms with Crippen LogP contribution in [0, 0.1) is 12.8 Å². The zero-order chi connectivity index (χ0) is 14.6. The number of hydrogen-bond donors (Lipinski definition) is 2. The minimum Gasteiger partial charge on any atom is -0.409 e. The molecule has 0 spiro atoms. The fraction of sp³-hybridized carbons (Fsp3) is 0.385. The maximum absolute atomic E-state index is 12.3. The van der Waals surface area contributed by atoms with E-state index in [2.05, 4.69) is 21.1 Å². The van der Waals surface area contributed by atoms with Gasteiger partial charge >= 0.3 is 0 Å². The quantitative estimate of drug-likeness (QED) is 0.385. The summed E-state index contributed by atoms with van der Waals surface area (Å²) in [5.74, 6) is -0.199. The SMILES string of the molecule is Cc1ccc(C(=O)N(C)CC(C)/C(N)=N/O)c(Br)c1. The molecule has 1 aromatic rings. The van der Waals surface area contributed by atoms with E-state index in [-0.39, 0.29) is 17.7 Å². The molecule has 0 bridgehead atoms. The van der Waals surface area contributed by atoms with E-state index >= 15 is 0 Å². The van der Waals surface area contributed by atoms with Crippen molar-refractivity contribution in [2.24, 2.45) is 16.8 Å². The van der Waals surface area contributed by atoms with Gasteiger partial charge in [0.25, 0.3) is 5.91 Å². The molecule has 1 rings (SSSR count). The molecular weight excluding hydrogens is 310 g/mol. The van der Waals surface area contributed by atoms with Gasteiger partial charge < -0.3 is 15.8 Å². The Morgan fingerprint density at radius 1 is 1.58 bits per heavy atom. The van der Waals surface area contributed by atoms with Crippen molar-refractivity contribution in [1.82, 2.24) is 4.90 Å². The van der Waals surface area contributed by atoms with Crippen molar-refractivity contribution in [1.29, 1.82) is 0 Å². The molecule has 1 unspecified atom stereocenters. The molecule has 19 heavy (non-hydrogen) atoms. The Balaban J connectivity index is 2.82. The first-order chi connectivity index (χ1) is 8.86. The first kappa shape index (κ1) is 15.5. The van der Waals surface area contributed by atoms with Gasteiger partial charge in [0.05, 0.1) is 5.56 Å². The van der Waals surface area contributed by atoms with E-state index in [1.165, 1.54) is 0 Å². The number of amidine groups is 1. The Kier molecular flexibility index (Phi) is 5.35. The van der Waals surface area contributed by atoms with Crippen LogP contribution in [0.15, 0.2) is 27.8 Å². The van der Waals surface area contributed by atoms with Crippen LogP contribution in [0.2, 0.25) is 0 Å². The molecule has 0 saturated heterocycles. The molecule has 0 heterocycles. The fourth-order valence-electron chi connectivity index (χ4n) is 1.68. The highest BCUT2D eigenvalue weighted by atomic mass is 79.9. The van der Waals surface area contributed by atoms with Crippen LogP contribution >= 0.6 is 15.9 Å². The molecule has 1 amide bonds. The van der Waals surface area contributed by atoms with E-state index in [1.54, 1.807) is 24.9 Å². The summed E-state index contributed by atoms with van der Waals surface area (Å²) in [6, 6.07) is 5.57. The van der Waals surface area contributed by atoms with Crippen molar-refractivity contribution < 1.29 is 10.0 Å². The third-order valence-electron chi connectivity index (χ3n) is 2.87. The molecule has 3 N–H and O–H groups in total. The van der Waals surface area contributed by atoms with E-state index < -0.39 is 0 Å². The zero-order valence-electron chi connectivity index (χ0n) is 11.2. The summed E-state index contributed by atoms with van der Waals surface area (Å²) in [5.41, 5.74) is 7.18. The lowest BCUT2D eigenvalue weighted by atomic mass is 10.1. The second kappa shape index (κ2) is 6.56. The van der Waals surface area contributed by atoms with Crippen LogP contribution in [0.5, 0.6) is 0 Å². The summed E-state index contributed by atoms with van der Waals surface area (Å²) in [6.45, 7) is 4.14. The van der Waals surface area contributed by atoms with E-state index in [0.29, 0.717) is 12.1 Å². The smallest absolute Gasteiger partial charge is 0.254 e. The Labute approximate surface area is 121 Å². The van der Waals surface area contributed by atoms with Crippen molar-refractivity contribution in [3.8, 4) is 0 Å². The largest absolute Gasteiger partial charge is 0.409 e. The summed E-state index contributed by atoms with van der Waals surface area (Å²) in [7, 11) is 1.69. The second-order valence-corrected chi connectivity index (χ2v) is 5.45. The van der Waals surface area contributed by atoms with Gasteiger partial charge in [0, 0.05) is 24.0 Å². The molecule has 0 aromatic heterocycles. The zero-order valence-corrected chi connectivity index (χ0v) is 12.8. The van der Waals surface area contributed by atoms with Crippen LogP contribution in [0.4, 0.5) is 0 Å². The molecule has 1 atom stereocenters. The summed E-state index contributed by atoms with van der Waals surface area (Å²) in [5, 5.41) is 11.6. The van der Waals surface area contributed by atoms with Crippen LogP contribution in [0.3, 0.4) is 0 Å². The van der Waals surface area contributed by atoms with Gasteiger partial charge in [-0.05, 0) is 40.5 Å². The Morgan fingerprint density at radius 3 is 2.74 bits per heavy atom. The second-order valence-electron chi connectivity index (χ2n) is 4.59. The van der Waals surface area contributed by atoms with E-state index in [0.717, 1.165) is 10.0 Å². The fourth-order valence-corrected chi connectivity index (χ4v) is 2.35. The molecule has 0 aliphatic carbocycles. The number of halogens is 1. The van der Waals surface area contributed by atoms with Crippen LogP contribution < -0.4 is 5.73 Å². The highest BCUT2D eigenvalue weighted by molar-refractivity contribution is 9.10. The lowest BCUT2D eigenvalue weighted by Crippen LogP contribution is -2.36. The molecule has 0 saturated carbocycles. The molecule has 104 valence electrons. The molecule has 0 fully saturated rings. The molecule has 1 aromatic carbocycles. The van der Waals surface area contributed by atoms with Gasteiger partial charge in [-0.25, -0.2) is 0 Å². The van der Waals surface area contributed by atoms with Crippen LogP contribution in [0.25, 0.3) is 0 Å². The Hall–Kier alpha value is -1.56. The topological polar surface area (TPSA) is 78.9 Å². The van der Waals surface area contributed by atoms with Crippen molar-refractivity contribution in [3.05, 3.63) is 33.8 Å². The lowest BCUT2D eigenvalue weighted by Gasteiger charge is -2.21. The maximum Gasteiger partial charge on any atom is 0.254 e. The maximum atomic E-state index is 12.3. The average molecular weight is 328 g/mol. The summed E-state index contributed by atoms with van der Waals surface area (Å²) in [6.07, 6.45) is 0. The van der Waals surface area contributed by atoms with Gasteiger partial charge in [0.15, 0.2) is 0 Å². The van der Waals surface area contributed by atoms with Crippen molar-refractivity contribution in [3.63, 3.8) is 0 Å². The number of rotatable bonds is 4. The van der Waals surface area contributed by atoms with Crippen molar-refractivity contribution >= 4 is 27.7 Å². The number of carbonyl (C=O) groups excluding carboxylic acids is 1. The molecule has 5 nitrogen and oxygen atoms in total. The monoisotopic (exact) mass is 327 g/mol. The van der Waals surface area contributed by atoms with Crippen molar-refractivity contribution in [2.75, 3.05) is 13.6 Å². The first-order valence-electron chi connectivity index (χ1n) is 5.85. The summed E-state index contributed by atoms with van der Waals surface area (Å²) >= 11 is 3.39. The molecule has 0 aliphatic rings. The predicted molar refractivity (Wildman–Crippen MR) is 78.4 cm³/mol. The minimum absolute atomic E-state index is 0.107. The Bertz CT molecular complexity index is 503. The molecule has 0 radical (unpaired) electrons. The number of nitrogens with two attached hydrogens (primary N) is 1. The number of aryl methyl sites for hydroxylation is 1. The van der Waals surface area contributed by atoms with Gasteiger partial charge in [-0.3, -0.25) is 4.79 Å². The van der Waals surface area contributed by atoms with E-state index in [4.69, 9.17) is 10.9 Å². The van der Waals surface area contributed by atoms with Crippen LogP contribution in [-0.4, -0.2) is 35.4 Å². The van der Waals surface area contributed by atoms with Gasteiger partial charge in [0.1, 0.15) is 5.84 Å². The normalized spacial score (nSPS) is 13.2. The number of nitrogens with zero attached hydrogens (tertiary/aromatic N) is 2. The predicted octanol–water partition coefficient (Wildman–Crippen LogP) is 2.21. The molecule has 0 aliphatic heterocycles. The number of amides is 1. The highest BCUT2D eigenvalue weighted by Crippen LogP contribution is 2.20. The molecular formula is C13H18BrN3O2. The van der Waals surface area contributed by atoms with Gasteiger partial charge in [-0.15, -0.1) is 0 Å². The van der Waals surface area contributed by atoms with Crippen LogP contribution in [-0.2, 0) is 0 Å². The number of carbonyl (C=O) groups is 1. The standard InChI is InChI=1S/C13H18BrN3O2/c1-8-4-5-10(11(14)6-8)13(18)17(3)7-9(2)12(15)16-19/h4-6,9,19H,7H2,1-3H3,(H2,15,16). The minimum atomic E-state index is -0.205. The number of benzene rings is 1. The third-order valence-corrected chi connectivity index (χ3v) is 3.53. The third kappa shape index (κ3) is 3.96. The first-order valence-corrected chi connectivity index (χ1v) is 6.65. The summed E-state index contributed by atoms with van der Waals surface area (Å²) < 4.78 is 0.765. The van der Waals surface area contributed by atoms with Crippen LogP contribution in [0.1, 0.15) is 22.8 Å². The lowest BCUT2D eigenvalue weighted by molar-refractivity contribution is 0.0785. The number of hydrogen-bond acceptors (Lipinski definition) is 3. The van der Waals surface area contributed by atoms with E-state index in [9.17, 15) is 4.79 Å². The van der Waals surface area contributed by atoms with Gasteiger partial charge in [-0.2, -0.15) is 0 Å². The number of oxime groups is 1. The average Bonchev–Trinajstić information content (AvgIpc) is 2.36. The van der Waals surface area contributed by atoms with E-state index in [1.807, 2.05) is 19.1 Å².